The first-order valence-corrected chi connectivity index (χ1v) is 3.15. The predicted octanol–water partition coefficient (Wildman–Crippen LogP) is -1.74. The summed E-state index contributed by atoms with van der Waals surface area (Å²) in [5.41, 5.74) is -0.482. The van der Waals surface area contributed by atoms with E-state index in [0.717, 1.165) is 6.21 Å². The van der Waals surface area contributed by atoms with Crippen LogP contribution in [0.5, 0.6) is 0 Å². The van der Waals surface area contributed by atoms with Gasteiger partial charge in [0.05, 0.1) is 14.1 Å². The quantitative estimate of drug-likeness (QED) is 0.240. The Balaban J connectivity index is 3.21. The van der Waals surface area contributed by atoms with Gasteiger partial charge in [0.1, 0.15) is 0 Å². The zero-order chi connectivity index (χ0) is 9.14. The van der Waals surface area contributed by atoms with E-state index in [0.29, 0.717) is 0 Å². The third kappa shape index (κ3) is 1.29. The molecule has 7 heteroatoms. The maximum Gasteiger partial charge on any atom is 0.439 e. The number of nitrogens with one attached hydrogen (secondary N) is 1. The largest absolute Gasteiger partial charge is 0.439 e. The van der Waals surface area contributed by atoms with Gasteiger partial charge in [-0.05, 0) is 0 Å². The van der Waals surface area contributed by atoms with Crippen molar-refractivity contribution in [2.45, 2.75) is 0 Å². The Hall–Kier alpha value is -1.79. The average molecular weight is 173 g/mol. The fourth-order valence-electron chi connectivity index (χ4n) is 0.732. The molecule has 0 unspecified atom stereocenters. The Labute approximate surface area is 67.4 Å². The molecule has 0 saturated carbocycles. The van der Waals surface area contributed by atoms with Crippen LogP contribution in [0.1, 0.15) is 5.69 Å². The monoisotopic (exact) mass is 173 g/mol. The minimum atomic E-state index is -0.596. The second-order valence-corrected chi connectivity index (χ2v) is 2.27. The van der Waals surface area contributed by atoms with Crippen molar-refractivity contribution in [2.75, 3.05) is 19.1 Å². The number of nitrogens with zero attached hydrogens (tertiary/aromatic N) is 3. The SMILES string of the molecule is CN(C)[n+]1[nH]oc(=O)c1/C=N\O. The third-order valence-electron chi connectivity index (χ3n) is 1.24. The molecule has 0 aliphatic heterocycles. The molecule has 0 radical (unpaired) electrons. The molecule has 7 nitrogen and oxygen atoms in total. The third-order valence-corrected chi connectivity index (χ3v) is 1.24. The van der Waals surface area contributed by atoms with Gasteiger partial charge in [0.15, 0.2) is 6.21 Å². The fraction of sp³-hybridized carbons (Fsp3) is 0.400. The second-order valence-electron chi connectivity index (χ2n) is 2.27. The van der Waals surface area contributed by atoms with Crippen molar-refractivity contribution >= 4 is 6.21 Å². The van der Waals surface area contributed by atoms with E-state index >= 15 is 0 Å². The summed E-state index contributed by atoms with van der Waals surface area (Å²) in [5.74, 6) is 0. The van der Waals surface area contributed by atoms with Gasteiger partial charge in [-0.1, -0.05) is 5.16 Å². The van der Waals surface area contributed by atoms with Crippen molar-refractivity contribution in [3.63, 3.8) is 0 Å². The zero-order valence-corrected chi connectivity index (χ0v) is 6.68. The summed E-state index contributed by atoms with van der Waals surface area (Å²) >= 11 is 0. The van der Waals surface area contributed by atoms with Gasteiger partial charge < -0.3 is 5.21 Å². The Kier molecular flexibility index (Phi) is 2.13. The molecule has 12 heavy (non-hydrogen) atoms. The van der Waals surface area contributed by atoms with Gasteiger partial charge >= 0.3 is 11.3 Å². The first-order valence-electron chi connectivity index (χ1n) is 3.15. The average Bonchev–Trinajstić information content (AvgIpc) is 2.34. The summed E-state index contributed by atoms with van der Waals surface area (Å²) in [6, 6.07) is 0. The summed E-state index contributed by atoms with van der Waals surface area (Å²) in [5, 5.41) is 14.8. The summed E-state index contributed by atoms with van der Waals surface area (Å²) in [6.45, 7) is 0. The van der Waals surface area contributed by atoms with E-state index in [-0.39, 0.29) is 5.69 Å². The summed E-state index contributed by atoms with van der Waals surface area (Å²) in [4.78, 5) is 12.2. The molecular formula is C5H9N4O3+. The van der Waals surface area contributed by atoms with Gasteiger partial charge in [-0.25, -0.2) is 4.79 Å². The predicted molar refractivity (Wildman–Crippen MR) is 39.0 cm³/mol. The number of H-pyrrole nitrogens is 1. The summed E-state index contributed by atoms with van der Waals surface area (Å²) < 4.78 is 4.45. The highest BCUT2D eigenvalue weighted by Crippen LogP contribution is 1.74. The van der Waals surface area contributed by atoms with Gasteiger partial charge in [0.2, 0.25) is 0 Å². The van der Waals surface area contributed by atoms with Gasteiger partial charge in [-0.15, -0.1) is 0 Å². The highest BCUT2D eigenvalue weighted by atomic mass is 16.5. The molecule has 1 rings (SSSR count). The Morgan fingerprint density at radius 1 is 1.75 bits per heavy atom. The lowest BCUT2D eigenvalue weighted by Crippen LogP contribution is -2.57. The molecular weight excluding hydrogens is 164 g/mol. The highest BCUT2D eigenvalue weighted by Gasteiger charge is 2.20. The number of aromatic amines is 1. The smallest absolute Gasteiger partial charge is 0.411 e. The van der Waals surface area contributed by atoms with E-state index < -0.39 is 5.63 Å². The van der Waals surface area contributed by atoms with Crippen LogP contribution >= 0.6 is 0 Å². The first kappa shape index (κ1) is 8.31. The molecule has 1 aromatic heterocycles. The molecule has 0 aliphatic rings. The normalized spacial score (nSPS) is 10.8. The van der Waals surface area contributed by atoms with Crippen LogP contribution in [-0.4, -0.2) is 30.8 Å². The van der Waals surface area contributed by atoms with Gasteiger partial charge in [-0.3, -0.25) is 4.52 Å². The van der Waals surface area contributed by atoms with Crippen molar-refractivity contribution in [3.05, 3.63) is 16.1 Å². The molecule has 2 N–H and O–H groups in total. The summed E-state index contributed by atoms with van der Waals surface area (Å²) in [7, 11) is 3.39. The lowest BCUT2D eigenvalue weighted by atomic mass is 10.5. The molecule has 0 bridgehead atoms. The molecule has 0 saturated heterocycles. The van der Waals surface area contributed by atoms with Crippen molar-refractivity contribution in [1.29, 1.82) is 0 Å². The molecule has 0 spiro atoms. The van der Waals surface area contributed by atoms with Gasteiger partial charge in [0, 0.05) is 10.1 Å². The number of rotatable bonds is 2. The van der Waals surface area contributed by atoms with Crippen molar-refractivity contribution in [3.8, 4) is 0 Å². The maximum atomic E-state index is 10.9. The number of hydrogen-bond donors (Lipinski definition) is 2. The minimum Gasteiger partial charge on any atom is -0.411 e. The maximum absolute atomic E-state index is 10.9. The van der Waals surface area contributed by atoms with E-state index in [2.05, 4.69) is 15.0 Å². The van der Waals surface area contributed by atoms with Crippen molar-refractivity contribution in [2.24, 2.45) is 5.16 Å². The van der Waals surface area contributed by atoms with E-state index in [1.54, 1.807) is 19.1 Å². The van der Waals surface area contributed by atoms with Crippen LogP contribution in [-0.2, 0) is 0 Å². The Morgan fingerprint density at radius 2 is 2.42 bits per heavy atom. The topological polar surface area (TPSA) is 85.7 Å². The van der Waals surface area contributed by atoms with Crippen LogP contribution in [0.3, 0.4) is 0 Å². The molecule has 66 valence electrons. The molecule has 0 fully saturated rings. The molecule has 1 heterocycles. The van der Waals surface area contributed by atoms with Crippen molar-refractivity contribution in [1.82, 2.24) is 5.27 Å². The van der Waals surface area contributed by atoms with Crippen molar-refractivity contribution < 1.29 is 14.5 Å². The lowest BCUT2D eigenvalue weighted by Gasteiger charge is -1.97. The van der Waals surface area contributed by atoms with E-state index in [9.17, 15) is 4.79 Å². The lowest BCUT2D eigenvalue weighted by molar-refractivity contribution is -0.753. The standard InChI is InChI=1S/C5H8N4O3/c1-8(2)9-4(3-6-11)5(10)12-7-9/h3,7H,1-2H3/p+1. The number of oxime groups is 1. The molecule has 0 amide bonds. The first-order chi connectivity index (χ1) is 5.66. The van der Waals surface area contributed by atoms with E-state index in [1.807, 2.05) is 0 Å². The fourth-order valence-corrected chi connectivity index (χ4v) is 0.732. The molecule has 1 aromatic rings. The zero-order valence-electron chi connectivity index (χ0n) is 6.68. The van der Waals surface area contributed by atoms with Crippen LogP contribution in [0, 0.1) is 0 Å². The Morgan fingerprint density at radius 3 is 2.92 bits per heavy atom. The van der Waals surface area contributed by atoms with Crippen LogP contribution in [0.25, 0.3) is 0 Å². The molecule has 0 aromatic carbocycles. The van der Waals surface area contributed by atoms with Gasteiger partial charge in [-0.2, -0.15) is 5.01 Å². The highest BCUT2D eigenvalue weighted by molar-refractivity contribution is 5.73. The van der Waals surface area contributed by atoms with Crippen LogP contribution in [0.4, 0.5) is 0 Å². The van der Waals surface area contributed by atoms with Crippen LogP contribution < -0.4 is 15.4 Å². The van der Waals surface area contributed by atoms with E-state index in [4.69, 9.17) is 5.21 Å². The number of aromatic nitrogens is 2. The summed E-state index contributed by atoms with van der Waals surface area (Å²) in [6.07, 6.45) is 0.988. The Bertz CT molecular complexity index is 337. The minimum absolute atomic E-state index is 0.113. The van der Waals surface area contributed by atoms with Crippen LogP contribution in [0.15, 0.2) is 14.5 Å². The van der Waals surface area contributed by atoms with Gasteiger partial charge in [0.25, 0.3) is 0 Å². The number of hydrogen-bond acceptors (Lipinski definition) is 5. The van der Waals surface area contributed by atoms with Crippen LogP contribution in [0.2, 0.25) is 0 Å². The van der Waals surface area contributed by atoms with E-state index in [1.165, 1.54) is 4.79 Å². The molecule has 0 aliphatic carbocycles. The second kappa shape index (κ2) is 3.07. The molecule has 0 atom stereocenters.